The smallest absolute Gasteiger partial charge is 0.348 e. The van der Waals surface area contributed by atoms with Crippen molar-refractivity contribution in [1.82, 2.24) is 9.97 Å². The molecule has 11 atom stereocenters. The van der Waals surface area contributed by atoms with Gasteiger partial charge >= 0.3 is 5.63 Å². The summed E-state index contributed by atoms with van der Waals surface area (Å²) in [4.78, 5) is 21.0. The van der Waals surface area contributed by atoms with Crippen molar-refractivity contribution in [3.63, 3.8) is 0 Å². The average Bonchev–Trinajstić information content (AvgIpc) is 3.23. The van der Waals surface area contributed by atoms with Gasteiger partial charge in [-0.05, 0) is 91.6 Å². The van der Waals surface area contributed by atoms with Gasteiger partial charge in [0.15, 0.2) is 5.65 Å². The second kappa shape index (κ2) is 8.99. The lowest BCUT2D eigenvalue weighted by molar-refractivity contribution is -0.201. The summed E-state index contributed by atoms with van der Waals surface area (Å²) in [5.74, 6) is 1.60. The molecule has 0 bridgehead atoms. The van der Waals surface area contributed by atoms with Crippen LogP contribution in [0, 0.1) is 46.3 Å². The molecule has 6 rings (SSSR count). The first-order valence-corrected chi connectivity index (χ1v) is 14.1. The topological polar surface area (TPSA) is 117 Å². The summed E-state index contributed by atoms with van der Waals surface area (Å²) in [6.07, 6.45) is 10.3. The van der Waals surface area contributed by atoms with E-state index in [1.54, 1.807) is 18.3 Å². The molecule has 3 fully saturated rings. The van der Waals surface area contributed by atoms with Gasteiger partial charge in [0.2, 0.25) is 5.89 Å². The first kappa shape index (κ1) is 25.2. The monoisotopic (exact) mass is 508 g/mol. The van der Waals surface area contributed by atoms with Gasteiger partial charge in [0, 0.05) is 18.0 Å². The lowest BCUT2D eigenvalue weighted by atomic mass is 9.43. The van der Waals surface area contributed by atoms with Gasteiger partial charge in [-0.15, -0.1) is 0 Å². The van der Waals surface area contributed by atoms with Gasteiger partial charge in [0.05, 0.1) is 18.3 Å². The van der Waals surface area contributed by atoms with E-state index in [1.165, 1.54) is 0 Å². The Kier molecular flexibility index (Phi) is 6.12. The Morgan fingerprint density at radius 3 is 2.78 bits per heavy atom. The van der Waals surface area contributed by atoms with Crippen LogP contribution in [-0.2, 0) is 6.42 Å². The van der Waals surface area contributed by atoms with E-state index >= 15 is 0 Å². The summed E-state index contributed by atoms with van der Waals surface area (Å²) < 4.78 is 5.49. The highest BCUT2D eigenvalue weighted by atomic mass is 16.4. The SMILES string of the molecule is C[C@H](CCc1nc2ncccc2c(=O)o1)[C@H]1C=C[C@H]2[C@H]3C(C[C@H](O)[C@]12C)[C@@]1(C)CC[C@@H](O)C[C@H]1C[C@H]3O. The van der Waals surface area contributed by atoms with Crippen molar-refractivity contribution in [3.05, 3.63) is 46.8 Å². The van der Waals surface area contributed by atoms with Crippen LogP contribution < -0.4 is 5.63 Å². The number of rotatable bonds is 4. The van der Waals surface area contributed by atoms with Crippen LogP contribution in [-0.4, -0.2) is 43.6 Å². The Morgan fingerprint density at radius 2 is 1.97 bits per heavy atom. The van der Waals surface area contributed by atoms with Crippen molar-refractivity contribution in [2.45, 2.75) is 84.0 Å². The minimum Gasteiger partial charge on any atom is -0.408 e. The molecule has 0 amide bonds. The van der Waals surface area contributed by atoms with Crippen molar-refractivity contribution in [3.8, 4) is 0 Å². The van der Waals surface area contributed by atoms with E-state index in [4.69, 9.17) is 4.42 Å². The van der Waals surface area contributed by atoms with Crippen LogP contribution in [0.25, 0.3) is 11.0 Å². The van der Waals surface area contributed by atoms with Gasteiger partial charge in [-0.1, -0.05) is 32.9 Å². The van der Waals surface area contributed by atoms with Crippen molar-refractivity contribution in [2.24, 2.45) is 46.3 Å². The number of fused-ring (bicyclic) bond motifs is 6. The minimum atomic E-state index is -0.461. The maximum absolute atomic E-state index is 12.4. The Bertz CT molecular complexity index is 1260. The maximum atomic E-state index is 12.4. The third kappa shape index (κ3) is 3.83. The van der Waals surface area contributed by atoms with Crippen molar-refractivity contribution < 1.29 is 19.7 Å². The molecular weight excluding hydrogens is 468 g/mol. The van der Waals surface area contributed by atoms with Gasteiger partial charge in [-0.2, -0.15) is 4.98 Å². The number of aryl methyl sites for hydroxylation is 1. The zero-order chi connectivity index (χ0) is 26.1. The van der Waals surface area contributed by atoms with E-state index in [2.05, 4.69) is 42.9 Å². The van der Waals surface area contributed by atoms with E-state index < -0.39 is 17.8 Å². The second-order valence-corrected chi connectivity index (χ2v) is 13.0. The lowest BCUT2D eigenvalue weighted by Gasteiger charge is -2.63. The van der Waals surface area contributed by atoms with Crippen LogP contribution in [0.5, 0.6) is 0 Å². The average molecular weight is 509 g/mol. The second-order valence-electron chi connectivity index (χ2n) is 13.0. The highest BCUT2D eigenvalue weighted by molar-refractivity contribution is 5.72. The van der Waals surface area contributed by atoms with Gasteiger partial charge in [-0.25, -0.2) is 9.78 Å². The summed E-state index contributed by atoms with van der Waals surface area (Å²) in [6.45, 7) is 6.76. The highest BCUT2D eigenvalue weighted by Gasteiger charge is 2.64. The molecule has 0 spiro atoms. The van der Waals surface area contributed by atoms with Crippen LogP contribution in [0.15, 0.2) is 39.7 Å². The van der Waals surface area contributed by atoms with Gasteiger partial charge in [0.25, 0.3) is 0 Å². The molecule has 3 N–H and O–H groups in total. The van der Waals surface area contributed by atoms with Gasteiger partial charge in [-0.3, -0.25) is 0 Å². The molecule has 0 saturated heterocycles. The molecule has 37 heavy (non-hydrogen) atoms. The fraction of sp³-hybridized carbons (Fsp3) is 0.700. The summed E-state index contributed by atoms with van der Waals surface area (Å²) >= 11 is 0. The van der Waals surface area contributed by atoms with E-state index in [-0.39, 0.29) is 46.5 Å². The number of aliphatic hydroxyl groups is 3. The first-order valence-electron chi connectivity index (χ1n) is 14.1. The van der Waals surface area contributed by atoms with Gasteiger partial charge < -0.3 is 19.7 Å². The van der Waals surface area contributed by atoms with Crippen molar-refractivity contribution in [2.75, 3.05) is 0 Å². The molecule has 2 aromatic rings. The zero-order valence-corrected chi connectivity index (χ0v) is 22.1. The summed E-state index contributed by atoms with van der Waals surface area (Å²) in [5.41, 5.74) is -0.291. The predicted octanol–water partition coefficient (Wildman–Crippen LogP) is 3.89. The third-order valence-electron chi connectivity index (χ3n) is 11.2. The number of hydrogen-bond acceptors (Lipinski definition) is 7. The first-order chi connectivity index (χ1) is 17.6. The molecular formula is C30H40N2O5. The van der Waals surface area contributed by atoms with Crippen LogP contribution >= 0.6 is 0 Å². The fourth-order valence-corrected chi connectivity index (χ4v) is 9.07. The third-order valence-corrected chi connectivity index (χ3v) is 11.2. The number of aliphatic hydroxyl groups excluding tert-OH is 3. The van der Waals surface area contributed by atoms with Crippen LogP contribution in [0.3, 0.4) is 0 Å². The largest absolute Gasteiger partial charge is 0.408 e. The molecule has 1 unspecified atom stereocenters. The van der Waals surface area contributed by atoms with E-state index in [0.29, 0.717) is 35.7 Å². The minimum absolute atomic E-state index is 0.0519. The van der Waals surface area contributed by atoms with E-state index in [1.807, 2.05) is 0 Å². The fourth-order valence-electron chi connectivity index (χ4n) is 9.07. The van der Waals surface area contributed by atoms with Crippen molar-refractivity contribution >= 4 is 11.0 Å². The summed E-state index contributed by atoms with van der Waals surface area (Å²) in [5, 5.41) is 33.9. The van der Waals surface area contributed by atoms with E-state index in [9.17, 15) is 20.1 Å². The zero-order valence-electron chi connectivity index (χ0n) is 22.1. The number of aromatic nitrogens is 2. The van der Waals surface area contributed by atoms with Gasteiger partial charge in [0.1, 0.15) is 5.39 Å². The maximum Gasteiger partial charge on any atom is 0.348 e. The standard InChI is InChI=1S/C30H40N2O5/c1-16(6-9-25-32-27-19(28(36)37-25)5-4-12-31-27)20-7-8-21-26-22(15-24(35)30(20,21)3)29(2)11-10-18(33)13-17(29)14-23(26)34/h4-5,7-8,12,16-18,20-24,26,33-35H,6,9-11,13-15H2,1-3H3/t16-,17+,18-,20-,21+,22?,23-,24+,26+,29+,30-/m1/s1. The Hall–Kier alpha value is -2.09. The van der Waals surface area contributed by atoms with Crippen molar-refractivity contribution in [1.29, 1.82) is 0 Å². The molecule has 0 aliphatic heterocycles. The molecule has 2 heterocycles. The Balaban J connectivity index is 1.22. The lowest BCUT2D eigenvalue weighted by Crippen LogP contribution is -2.62. The molecule has 4 aliphatic rings. The molecule has 0 radical (unpaired) electrons. The normalized spacial score (nSPS) is 43.7. The van der Waals surface area contributed by atoms with E-state index in [0.717, 1.165) is 32.1 Å². The Labute approximate surface area is 218 Å². The molecule has 200 valence electrons. The van der Waals surface area contributed by atoms with Crippen LogP contribution in [0.4, 0.5) is 0 Å². The molecule has 2 aromatic heterocycles. The molecule has 0 aromatic carbocycles. The number of pyridine rings is 1. The Morgan fingerprint density at radius 1 is 1.16 bits per heavy atom. The number of hydrogen-bond donors (Lipinski definition) is 3. The number of nitrogens with zero attached hydrogens (tertiary/aromatic N) is 2. The summed E-state index contributed by atoms with van der Waals surface area (Å²) in [6, 6.07) is 3.38. The molecule has 7 heteroatoms. The van der Waals surface area contributed by atoms with Crippen LogP contribution in [0.2, 0.25) is 0 Å². The van der Waals surface area contributed by atoms with Crippen LogP contribution in [0.1, 0.15) is 65.2 Å². The molecule has 7 nitrogen and oxygen atoms in total. The highest BCUT2D eigenvalue weighted by Crippen LogP contribution is 2.66. The number of allylic oxidation sites excluding steroid dienone is 2. The summed E-state index contributed by atoms with van der Waals surface area (Å²) in [7, 11) is 0. The quantitative estimate of drug-likeness (QED) is 0.537. The molecule has 3 saturated carbocycles. The molecule has 4 aliphatic carbocycles. The predicted molar refractivity (Wildman–Crippen MR) is 139 cm³/mol.